The van der Waals surface area contributed by atoms with Gasteiger partial charge in [-0.25, -0.2) is 13.2 Å². The Bertz CT molecular complexity index is 5470. The standard InChI is InChI=1S/C31H28ClFN2O3.2C30H28ClFN2O2/c32-24-11-23-17-34-35(18-19-6-7-25(27(33)8-19)22-4-2-1-3-5-22)30(23)26(12-24)28(36)9-20-13-31(14-20)15-21(16-31)10-29(37)38;31-25-9-24-16-33-34(17-23-7-6-22(10-27(23)32)21-4-2-1-3-5-21)29(24)26(11-25)28(36)8-19-12-30(13-19)14-20(15-30)18-35;31-24-10-23-16-33-34(17-19-6-7-25(27(32)8-19)22-4-2-1-3-5-22)29(23)26(11-24)28(36)9-20-12-30(13-20)14-21(15-30)18-35/h1-8,11-12,17,20-21H,9-10,13-16,18H2,(H,37,38);1-7,9-11,16,19-20,35H,8,12-15,17-18H2;1-8,10-11,16,20-21,35H,9,12-15,17-18H2. The first kappa shape index (κ1) is 74.5. The van der Waals surface area contributed by atoms with Crippen LogP contribution in [0, 0.1) is 69.2 Å². The van der Waals surface area contributed by atoms with Gasteiger partial charge in [0.25, 0.3) is 0 Å². The highest BCUT2D eigenvalue weighted by Crippen LogP contribution is 2.64. The number of fused-ring (bicyclic) bond motifs is 3. The lowest BCUT2D eigenvalue weighted by atomic mass is 9.47. The molecule has 0 unspecified atom stereocenters. The zero-order valence-corrected chi connectivity index (χ0v) is 63.1. The molecule has 12 aromatic rings. The van der Waals surface area contributed by atoms with Crippen molar-refractivity contribution < 1.29 is 47.7 Å². The lowest BCUT2D eigenvalue weighted by Gasteiger charge is -2.58. The van der Waals surface area contributed by atoms with Gasteiger partial charge in [-0.1, -0.05) is 162 Å². The maximum atomic E-state index is 15.1. The fourth-order valence-corrected chi connectivity index (χ4v) is 20.5. The van der Waals surface area contributed by atoms with Gasteiger partial charge in [-0.3, -0.25) is 33.2 Å². The summed E-state index contributed by atoms with van der Waals surface area (Å²) in [6.07, 6.45) is 19.2. The van der Waals surface area contributed by atoms with Crippen LogP contribution < -0.4 is 0 Å². The Kier molecular flexibility index (Phi) is 21.0. The molecule has 3 N–H and O–H groups in total. The molecule has 0 radical (unpaired) electrons. The number of carboxylic acid groups (broad SMARTS) is 1. The van der Waals surface area contributed by atoms with Crippen LogP contribution in [0.5, 0.6) is 0 Å². The third kappa shape index (κ3) is 15.6. The average molecular weight is 1540 g/mol. The largest absolute Gasteiger partial charge is 0.481 e. The van der Waals surface area contributed by atoms with E-state index in [1.807, 2.05) is 115 Å². The van der Waals surface area contributed by atoms with Crippen LogP contribution in [-0.2, 0) is 24.4 Å². The number of hydrogen-bond acceptors (Lipinski definition) is 9. The summed E-state index contributed by atoms with van der Waals surface area (Å²) in [4.78, 5) is 51.2. The Morgan fingerprint density at radius 3 is 1.05 bits per heavy atom. The zero-order valence-electron chi connectivity index (χ0n) is 60.8. The Balaban J connectivity index is 0.000000125. The fraction of sp³-hybridized carbons (Fsp3) is 0.330. The third-order valence-electron chi connectivity index (χ3n) is 24.4. The highest BCUT2D eigenvalue weighted by molar-refractivity contribution is 6.33. The fourth-order valence-electron chi connectivity index (χ4n) is 19.8. The average Bonchev–Trinajstić information content (AvgIpc) is 1.12. The van der Waals surface area contributed by atoms with E-state index in [1.54, 1.807) is 93.3 Å². The third-order valence-corrected chi connectivity index (χ3v) is 25.1. The number of aliphatic carboxylic acids is 1. The van der Waals surface area contributed by atoms with Crippen LogP contribution in [0.3, 0.4) is 0 Å². The summed E-state index contributed by atoms with van der Waals surface area (Å²) in [6, 6.07) is 54.9. The van der Waals surface area contributed by atoms with Gasteiger partial charge in [0.15, 0.2) is 17.3 Å². The van der Waals surface area contributed by atoms with Gasteiger partial charge >= 0.3 is 5.97 Å². The SMILES string of the molecule is O=C(CC1CC2(CC(CO)C2)C1)c1cc(Cl)cc2cnn(Cc3ccc(-c4ccccc4)c(F)c3)c12.O=C(CC1CC2(CC(CO)C2)C1)c1cc(Cl)cc2cnn(Cc3ccc(-c4ccccc4)cc3F)c12.O=C(O)CC1CC2(C1)CC(CC(=O)c1cc(Cl)cc3cnn(Cc4ccc(-c5ccccc5)c(F)c4)c13)C2. The van der Waals surface area contributed by atoms with Crippen molar-refractivity contribution in [3.8, 4) is 33.4 Å². The second-order valence-electron chi connectivity index (χ2n) is 32.6. The molecule has 13 nitrogen and oxygen atoms in total. The molecule has 6 saturated carbocycles. The quantitative estimate of drug-likeness (QED) is 0.0552. The molecule has 0 bridgehead atoms. The maximum absolute atomic E-state index is 15.1. The van der Waals surface area contributed by atoms with Gasteiger partial charge in [0.2, 0.25) is 0 Å². The van der Waals surface area contributed by atoms with Crippen molar-refractivity contribution in [2.45, 2.75) is 122 Å². The monoisotopic (exact) mass is 1530 g/mol. The minimum atomic E-state index is -0.729. The van der Waals surface area contributed by atoms with Gasteiger partial charge in [0, 0.05) is 104 Å². The summed E-state index contributed by atoms with van der Waals surface area (Å²) >= 11 is 19.1. The number of ketones is 3. The smallest absolute Gasteiger partial charge is 0.303 e. The van der Waals surface area contributed by atoms with E-state index in [2.05, 4.69) is 15.3 Å². The van der Waals surface area contributed by atoms with Gasteiger partial charge in [0.1, 0.15) is 17.5 Å². The molecule has 9 aromatic carbocycles. The van der Waals surface area contributed by atoms with E-state index in [9.17, 15) is 38.2 Å². The number of rotatable bonds is 22. The highest BCUT2D eigenvalue weighted by atomic mass is 35.5. The van der Waals surface area contributed by atoms with Crippen LogP contribution in [-0.4, -0.2) is 81.2 Å². The molecule has 562 valence electrons. The normalized spacial score (nSPS) is 22.7. The minimum absolute atomic E-state index is 0.0334. The van der Waals surface area contributed by atoms with Crippen molar-refractivity contribution in [2.24, 2.45) is 51.8 Å². The number of halogens is 6. The topological polar surface area (TPSA) is 182 Å². The van der Waals surface area contributed by atoms with Crippen molar-refractivity contribution in [3.05, 3.63) is 266 Å². The van der Waals surface area contributed by atoms with Crippen LogP contribution in [0.4, 0.5) is 13.2 Å². The van der Waals surface area contributed by atoms with Crippen molar-refractivity contribution in [2.75, 3.05) is 13.2 Å². The first-order valence-corrected chi connectivity index (χ1v) is 39.3. The number of nitrogens with zero attached hydrogens (tertiary/aromatic N) is 6. The molecule has 0 aliphatic heterocycles. The summed E-state index contributed by atoms with van der Waals surface area (Å²) in [6.45, 7) is 1.45. The summed E-state index contributed by atoms with van der Waals surface area (Å²) in [5.41, 5.74) is 11.4. The van der Waals surface area contributed by atoms with E-state index in [4.69, 9.17) is 39.9 Å². The van der Waals surface area contributed by atoms with Crippen molar-refractivity contribution in [1.82, 2.24) is 29.3 Å². The molecule has 6 fully saturated rings. The zero-order chi connectivity index (χ0) is 76.2. The number of hydrogen-bond donors (Lipinski definition) is 3. The summed E-state index contributed by atoms with van der Waals surface area (Å²) in [5, 5.41) is 45.0. The minimum Gasteiger partial charge on any atom is -0.481 e. The van der Waals surface area contributed by atoms with Crippen LogP contribution in [0.15, 0.2) is 201 Å². The van der Waals surface area contributed by atoms with Crippen molar-refractivity contribution in [1.29, 1.82) is 0 Å². The first-order valence-electron chi connectivity index (χ1n) is 38.1. The summed E-state index contributed by atoms with van der Waals surface area (Å²) < 4.78 is 50.3. The Labute approximate surface area is 651 Å². The Hall–Kier alpha value is -9.55. The van der Waals surface area contributed by atoms with E-state index < -0.39 is 5.97 Å². The number of benzene rings is 9. The number of aliphatic hydroxyl groups is 2. The second kappa shape index (κ2) is 31.0. The Morgan fingerprint density at radius 1 is 0.373 bits per heavy atom. The van der Waals surface area contributed by atoms with Crippen molar-refractivity contribution >= 4 is 90.8 Å². The lowest BCUT2D eigenvalue weighted by molar-refractivity contribution is -0.142. The summed E-state index contributed by atoms with van der Waals surface area (Å²) in [7, 11) is 0. The number of aliphatic hydroxyl groups excluding tert-OH is 2. The molecule has 19 heteroatoms. The van der Waals surface area contributed by atoms with Crippen LogP contribution in [0.25, 0.3) is 66.1 Å². The maximum Gasteiger partial charge on any atom is 0.303 e. The van der Waals surface area contributed by atoms with E-state index in [-0.39, 0.29) is 72.3 Å². The molecule has 0 atom stereocenters. The van der Waals surface area contributed by atoms with Crippen LogP contribution >= 0.6 is 34.8 Å². The van der Waals surface area contributed by atoms with Gasteiger partial charge in [-0.05, 0) is 217 Å². The Morgan fingerprint density at radius 2 is 0.709 bits per heavy atom. The molecule has 18 rings (SSSR count). The molecule has 3 aromatic heterocycles. The molecule has 6 aliphatic rings. The number of Topliss-reactive ketones (excluding diaryl/α,β-unsaturated/α-hetero) is 3. The number of carboxylic acids is 1. The second-order valence-corrected chi connectivity index (χ2v) is 33.9. The van der Waals surface area contributed by atoms with E-state index in [0.29, 0.717) is 132 Å². The van der Waals surface area contributed by atoms with E-state index >= 15 is 4.39 Å². The molecule has 110 heavy (non-hydrogen) atoms. The number of aromatic nitrogens is 6. The van der Waals surface area contributed by atoms with Gasteiger partial charge in [-0.15, -0.1) is 0 Å². The molecular formula is C91H84Cl3F3N6O7. The van der Waals surface area contributed by atoms with Gasteiger partial charge in [0.05, 0.1) is 54.8 Å². The predicted molar refractivity (Wildman–Crippen MR) is 424 cm³/mol. The molecular weight excluding hydrogens is 1450 g/mol. The van der Waals surface area contributed by atoms with Crippen LogP contribution in [0.2, 0.25) is 15.1 Å². The summed E-state index contributed by atoms with van der Waals surface area (Å²) in [5.74, 6) is 0.749. The van der Waals surface area contributed by atoms with Crippen molar-refractivity contribution in [3.63, 3.8) is 0 Å². The van der Waals surface area contributed by atoms with Gasteiger partial charge in [-0.2, -0.15) is 15.3 Å². The highest BCUT2D eigenvalue weighted by Gasteiger charge is 2.55. The van der Waals surface area contributed by atoms with Gasteiger partial charge < -0.3 is 15.3 Å². The van der Waals surface area contributed by atoms with E-state index in [1.165, 1.54) is 6.07 Å². The molecule has 6 aliphatic carbocycles. The first-order chi connectivity index (χ1) is 53.1. The lowest BCUT2D eigenvalue weighted by Crippen LogP contribution is -2.48. The molecule has 3 spiro atoms. The number of carbonyl (C=O) groups is 4. The van der Waals surface area contributed by atoms with E-state index in [0.717, 1.165) is 132 Å². The molecule has 3 heterocycles. The predicted octanol–water partition coefficient (Wildman–Crippen LogP) is 21.2. The van der Waals surface area contributed by atoms with Crippen LogP contribution in [0.1, 0.15) is 150 Å². The molecule has 0 saturated heterocycles. The number of carbonyl (C=O) groups excluding carboxylic acids is 3. The molecule has 0 amide bonds.